The van der Waals surface area contributed by atoms with E-state index in [-0.39, 0.29) is 24.5 Å². The van der Waals surface area contributed by atoms with E-state index >= 15 is 0 Å². The summed E-state index contributed by atoms with van der Waals surface area (Å²) < 4.78 is 5.38. The van der Waals surface area contributed by atoms with E-state index in [4.69, 9.17) is 9.84 Å². The number of amides is 1. The third-order valence-corrected chi connectivity index (χ3v) is 4.34. The summed E-state index contributed by atoms with van der Waals surface area (Å²) in [6.45, 7) is 5.29. The van der Waals surface area contributed by atoms with Gasteiger partial charge in [-0.25, -0.2) is 0 Å². The lowest BCUT2D eigenvalue weighted by atomic mass is 9.85. The standard InChI is InChI=1S/C18H26N2O4/c1-3-20(12-18(22)23)15-10-14(11-15)19-17(21)9-13-5-7-16(8-6-13)24-4-2/h5-8,14-15H,3-4,9-12H2,1-2H3,(H,19,21)(H,22,23). The molecular weight excluding hydrogens is 308 g/mol. The first-order valence-electron chi connectivity index (χ1n) is 8.48. The van der Waals surface area contributed by atoms with Gasteiger partial charge >= 0.3 is 5.97 Å². The van der Waals surface area contributed by atoms with E-state index in [2.05, 4.69) is 5.32 Å². The molecule has 6 nitrogen and oxygen atoms in total. The van der Waals surface area contributed by atoms with Crippen LogP contribution in [-0.2, 0) is 16.0 Å². The van der Waals surface area contributed by atoms with Gasteiger partial charge in [-0.15, -0.1) is 0 Å². The van der Waals surface area contributed by atoms with E-state index in [9.17, 15) is 9.59 Å². The number of ether oxygens (including phenoxy) is 1. The number of likely N-dealkylation sites (N-methyl/N-ethyl adjacent to an activating group) is 1. The van der Waals surface area contributed by atoms with Crippen LogP contribution in [0, 0.1) is 0 Å². The second-order valence-electron chi connectivity index (χ2n) is 6.10. The molecule has 0 spiro atoms. The van der Waals surface area contributed by atoms with Crippen LogP contribution in [0.25, 0.3) is 0 Å². The average Bonchev–Trinajstić information content (AvgIpc) is 2.50. The molecule has 1 saturated carbocycles. The van der Waals surface area contributed by atoms with Crippen LogP contribution in [-0.4, -0.2) is 53.7 Å². The molecule has 1 amide bonds. The van der Waals surface area contributed by atoms with E-state index in [1.54, 1.807) is 0 Å². The maximum Gasteiger partial charge on any atom is 0.317 e. The Balaban J connectivity index is 1.73. The number of carbonyl (C=O) groups excluding carboxylic acids is 1. The Morgan fingerprint density at radius 2 is 1.92 bits per heavy atom. The number of aliphatic carboxylic acids is 1. The first kappa shape index (κ1) is 18.3. The monoisotopic (exact) mass is 334 g/mol. The highest BCUT2D eigenvalue weighted by Crippen LogP contribution is 2.25. The van der Waals surface area contributed by atoms with Crippen molar-refractivity contribution in [2.24, 2.45) is 0 Å². The number of nitrogens with one attached hydrogen (secondary N) is 1. The summed E-state index contributed by atoms with van der Waals surface area (Å²) >= 11 is 0. The molecule has 0 saturated heterocycles. The lowest BCUT2D eigenvalue weighted by Gasteiger charge is -2.42. The van der Waals surface area contributed by atoms with Crippen molar-refractivity contribution in [2.45, 2.75) is 45.2 Å². The van der Waals surface area contributed by atoms with E-state index < -0.39 is 5.97 Å². The second kappa shape index (κ2) is 8.68. The van der Waals surface area contributed by atoms with E-state index in [1.165, 1.54) is 0 Å². The molecule has 0 aliphatic heterocycles. The van der Waals surface area contributed by atoms with Gasteiger partial charge in [0.25, 0.3) is 0 Å². The molecule has 1 fully saturated rings. The van der Waals surface area contributed by atoms with Crippen LogP contribution in [0.5, 0.6) is 5.75 Å². The molecule has 0 radical (unpaired) electrons. The van der Waals surface area contributed by atoms with Crippen molar-refractivity contribution in [3.63, 3.8) is 0 Å². The minimum atomic E-state index is -0.806. The number of nitrogens with zero attached hydrogens (tertiary/aromatic N) is 1. The first-order valence-corrected chi connectivity index (χ1v) is 8.48. The smallest absolute Gasteiger partial charge is 0.317 e. The van der Waals surface area contributed by atoms with E-state index in [1.807, 2.05) is 43.0 Å². The van der Waals surface area contributed by atoms with Crippen molar-refractivity contribution in [3.8, 4) is 5.75 Å². The van der Waals surface area contributed by atoms with Crippen LogP contribution in [0.3, 0.4) is 0 Å². The van der Waals surface area contributed by atoms with Crippen LogP contribution >= 0.6 is 0 Å². The van der Waals surface area contributed by atoms with Crippen LogP contribution in [0.2, 0.25) is 0 Å². The average molecular weight is 334 g/mol. The minimum absolute atomic E-state index is 0.00360. The van der Waals surface area contributed by atoms with Gasteiger partial charge in [0.05, 0.1) is 19.6 Å². The summed E-state index contributed by atoms with van der Waals surface area (Å²) in [5.41, 5.74) is 0.952. The summed E-state index contributed by atoms with van der Waals surface area (Å²) in [6.07, 6.45) is 1.98. The summed E-state index contributed by atoms with van der Waals surface area (Å²) in [5.74, 6) is 0.00492. The van der Waals surface area contributed by atoms with Gasteiger partial charge in [0, 0.05) is 12.1 Å². The number of hydrogen-bond donors (Lipinski definition) is 2. The third-order valence-electron chi connectivity index (χ3n) is 4.34. The number of rotatable bonds is 9. The van der Waals surface area contributed by atoms with Crippen molar-refractivity contribution in [1.29, 1.82) is 0 Å². The Morgan fingerprint density at radius 3 is 2.46 bits per heavy atom. The molecule has 0 unspecified atom stereocenters. The zero-order valence-electron chi connectivity index (χ0n) is 14.3. The molecule has 1 aliphatic rings. The Hall–Kier alpha value is -2.08. The lowest BCUT2D eigenvalue weighted by Crippen LogP contribution is -2.55. The predicted molar refractivity (Wildman–Crippen MR) is 91.2 cm³/mol. The van der Waals surface area contributed by atoms with Crippen molar-refractivity contribution in [1.82, 2.24) is 10.2 Å². The number of carbonyl (C=O) groups is 2. The Kier molecular flexibility index (Phi) is 6.61. The first-order chi connectivity index (χ1) is 11.5. The fourth-order valence-corrected chi connectivity index (χ4v) is 3.01. The van der Waals surface area contributed by atoms with Gasteiger partial charge in [-0.2, -0.15) is 0 Å². The van der Waals surface area contributed by atoms with Crippen molar-refractivity contribution in [3.05, 3.63) is 29.8 Å². The van der Waals surface area contributed by atoms with Crippen LogP contribution < -0.4 is 10.1 Å². The van der Waals surface area contributed by atoms with Gasteiger partial charge in [-0.1, -0.05) is 19.1 Å². The fourth-order valence-electron chi connectivity index (χ4n) is 3.01. The molecule has 2 N–H and O–H groups in total. The highest BCUT2D eigenvalue weighted by atomic mass is 16.5. The normalized spacial score (nSPS) is 19.6. The summed E-state index contributed by atoms with van der Waals surface area (Å²) in [7, 11) is 0. The minimum Gasteiger partial charge on any atom is -0.494 e. The summed E-state index contributed by atoms with van der Waals surface area (Å²) in [5, 5.41) is 11.9. The fraction of sp³-hybridized carbons (Fsp3) is 0.556. The molecule has 1 aliphatic carbocycles. The molecule has 0 aromatic heterocycles. The van der Waals surface area contributed by atoms with E-state index in [0.29, 0.717) is 19.6 Å². The van der Waals surface area contributed by atoms with Crippen molar-refractivity contribution in [2.75, 3.05) is 19.7 Å². The van der Waals surface area contributed by atoms with Crippen molar-refractivity contribution >= 4 is 11.9 Å². The van der Waals surface area contributed by atoms with Gasteiger partial charge in [0.15, 0.2) is 0 Å². The molecule has 1 aromatic rings. The van der Waals surface area contributed by atoms with Gasteiger partial charge < -0.3 is 15.2 Å². The number of carboxylic acids is 1. The van der Waals surface area contributed by atoms with Crippen molar-refractivity contribution < 1.29 is 19.4 Å². The highest BCUT2D eigenvalue weighted by molar-refractivity contribution is 5.79. The zero-order chi connectivity index (χ0) is 17.5. The maximum atomic E-state index is 12.1. The Bertz CT molecular complexity index is 553. The Morgan fingerprint density at radius 1 is 1.25 bits per heavy atom. The SMILES string of the molecule is CCOc1ccc(CC(=O)NC2CC(N(CC)CC(=O)O)C2)cc1. The van der Waals surface area contributed by atoms with Gasteiger partial charge in [0.1, 0.15) is 5.75 Å². The molecule has 0 bridgehead atoms. The predicted octanol–water partition coefficient (Wildman–Crippen LogP) is 1.68. The number of carboxylic acid groups (broad SMARTS) is 1. The van der Waals surface area contributed by atoms with Gasteiger partial charge in [-0.05, 0) is 44.0 Å². The topological polar surface area (TPSA) is 78.9 Å². The molecule has 24 heavy (non-hydrogen) atoms. The summed E-state index contributed by atoms with van der Waals surface area (Å²) in [4.78, 5) is 24.9. The molecule has 132 valence electrons. The summed E-state index contributed by atoms with van der Waals surface area (Å²) in [6, 6.07) is 7.95. The van der Waals surface area contributed by atoms with E-state index in [0.717, 1.165) is 24.2 Å². The third kappa shape index (κ3) is 5.23. The molecule has 0 heterocycles. The van der Waals surface area contributed by atoms with Crippen LogP contribution in [0.15, 0.2) is 24.3 Å². The highest BCUT2D eigenvalue weighted by Gasteiger charge is 2.34. The quantitative estimate of drug-likeness (QED) is 0.718. The number of hydrogen-bond acceptors (Lipinski definition) is 4. The molecule has 0 atom stereocenters. The van der Waals surface area contributed by atoms with Crippen LogP contribution in [0.1, 0.15) is 32.3 Å². The van der Waals surface area contributed by atoms with Gasteiger partial charge in [-0.3, -0.25) is 14.5 Å². The van der Waals surface area contributed by atoms with Crippen LogP contribution in [0.4, 0.5) is 0 Å². The second-order valence-corrected chi connectivity index (χ2v) is 6.10. The molecule has 2 rings (SSSR count). The maximum absolute atomic E-state index is 12.1. The lowest BCUT2D eigenvalue weighted by molar-refractivity contribution is -0.139. The largest absolute Gasteiger partial charge is 0.494 e. The van der Waals surface area contributed by atoms with Gasteiger partial charge in [0.2, 0.25) is 5.91 Å². The zero-order valence-corrected chi connectivity index (χ0v) is 14.3. The molecule has 6 heteroatoms. The molecule has 1 aromatic carbocycles. The number of benzene rings is 1. The molecular formula is C18H26N2O4. The Labute approximate surface area is 142 Å².